The molecule has 7 heteroatoms. The number of carbonyl (C=O) groups excluding carboxylic acids is 1. The minimum atomic E-state index is -0.247. The Labute approximate surface area is 201 Å². The largest absolute Gasteiger partial charge is 0.466 e. The van der Waals surface area contributed by atoms with E-state index < -0.39 is 0 Å². The lowest BCUT2D eigenvalue weighted by Crippen LogP contribution is -2.42. The van der Waals surface area contributed by atoms with Gasteiger partial charge < -0.3 is 19.5 Å². The first-order valence-corrected chi connectivity index (χ1v) is 12.1. The van der Waals surface area contributed by atoms with Gasteiger partial charge in [0.25, 0.3) is 5.91 Å². The van der Waals surface area contributed by atoms with Gasteiger partial charge in [-0.1, -0.05) is 11.6 Å². The maximum absolute atomic E-state index is 13.1. The van der Waals surface area contributed by atoms with Crippen LogP contribution >= 0.6 is 11.6 Å². The van der Waals surface area contributed by atoms with Crippen LogP contribution in [0.15, 0.2) is 27.4 Å². The standard InChI is InChI=1S/C26H36ClN3O3/c1-7-30(21-10-8-20(9-11-21)29(5)6)24-14-19(27)13-22(17(24)3)26(32)28-15-23-18(4)33-16(2)12-25(23)31/h12-14,20-21H,7-11,15H2,1-6H3,(H,28,32). The van der Waals surface area contributed by atoms with Crippen LogP contribution in [-0.2, 0) is 6.54 Å². The minimum Gasteiger partial charge on any atom is -0.466 e. The number of rotatable bonds is 7. The molecule has 1 heterocycles. The highest BCUT2D eigenvalue weighted by Crippen LogP contribution is 2.34. The Morgan fingerprint density at radius 3 is 2.30 bits per heavy atom. The number of hydrogen-bond acceptors (Lipinski definition) is 5. The highest BCUT2D eigenvalue weighted by atomic mass is 35.5. The fourth-order valence-electron chi connectivity index (χ4n) is 4.96. The third kappa shape index (κ3) is 5.79. The number of halogens is 1. The first-order chi connectivity index (χ1) is 15.6. The summed E-state index contributed by atoms with van der Waals surface area (Å²) in [6.45, 7) is 8.56. The summed E-state index contributed by atoms with van der Waals surface area (Å²) in [4.78, 5) is 30.1. The molecule has 3 rings (SSSR count). The van der Waals surface area contributed by atoms with Crippen LogP contribution in [-0.4, -0.2) is 43.5 Å². The Morgan fingerprint density at radius 1 is 1.09 bits per heavy atom. The average molecular weight is 474 g/mol. The van der Waals surface area contributed by atoms with Crippen molar-refractivity contribution in [1.82, 2.24) is 10.2 Å². The number of nitrogens with one attached hydrogen (secondary N) is 1. The predicted octanol–water partition coefficient (Wildman–Crippen LogP) is 4.85. The van der Waals surface area contributed by atoms with Crippen LogP contribution < -0.4 is 15.6 Å². The molecule has 6 nitrogen and oxygen atoms in total. The Bertz CT molecular complexity index is 1060. The van der Waals surface area contributed by atoms with Gasteiger partial charge in [-0.25, -0.2) is 0 Å². The number of nitrogens with zero attached hydrogens (tertiary/aromatic N) is 2. The first kappa shape index (κ1) is 25.3. The van der Waals surface area contributed by atoms with Crippen molar-refractivity contribution >= 4 is 23.2 Å². The van der Waals surface area contributed by atoms with Crippen LogP contribution in [0.25, 0.3) is 0 Å². The third-order valence-electron chi connectivity index (χ3n) is 6.87. The van der Waals surface area contributed by atoms with Gasteiger partial charge in [-0.05, 0) is 85.2 Å². The van der Waals surface area contributed by atoms with Gasteiger partial charge in [-0.2, -0.15) is 0 Å². The number of aryl methyl sites for hydroxylation is 2. The topological polar surface area (TPSA) is 65.8 Å². The third-order valence-corrected chi connectivity index (χ3v) is 7.09. The van der Waals surface area contributed by atoms with E-state index in [9.17, 15) is 9.59 Å². The van der Waals surface area contributed by atoms with Crippen molar-refractivity contribution in [3.63, 3.8) is 0 Å². The zero-order valence-electron chi connectivity index (χ0n) is 20.6. The lowest BCUT2D eigenvalue weighted by Gasteiger charge is -2.40. The molecule has 1 amide bonds. The normalized spacial score (nSPS) is 18.4. The molecule has 0 spiro atoms. The molecule has 0 radical (unpaired) electrons. The zero-order valence-corrected chi connectivity index (χ0v) is 21.4. The van der Waals surface area contributed by atoms with Gasteiger partial charge in [0.15, 0.2) is 5.43 Å². The molecule has 1 fully saturated rings. The van der Waals surface area contributed by atoms with Crippen LogP contribution in [0.4, 0.5) is 5.69 Å². The summed E-state index contributed by atoms with van der Waals surface area (Å²) in [5.41, 5.74) is 2.77. The maximum atomic E-state index is 13.1. The molecule has 0 saturated heterocycles. The molecule has 0 atom stereocenters. The molecule has 1 saturated carbocycles. The highest BCUT2D eigenvalue weighted by Gasteiger charge is 2.28. The summed E-state index contributed by atoms with van der Waals surface area (Å²) < 4.78 is 5.54. The van der Waals surface area contributed by atoms with E-state index in [2.05, 4.69) is 36.1 Å². The van der Waals surface area contributed by atoms with Crippen LogP contribution in [0.2, 0.25) is 5.02 Å². The molecule has 0 unspecified atom stereocenters. The van der Waals surface area contributed by atoms with Gasteiger partial charge in [0.2, 0.25) is 0 Å². The number of hydrogen-bond donors (Lipinski definition) is 1. The Hall–Kier alpha value is -2.31. The SMILES string of the molecule is CCN(c1cc(Cl)cc(C(=O)NCc2c(C)oc(C)cc2=O)c1C)C1CCC(N(C)C)CC1. The molecule has 1 aromatic carbocycles. The van der Waals surface area contributed by atoms with Crippen LogP contribution in [0, 0.1) is 20.8 Å². The lowest BCUT2D eigenvalue weighted by atomic mass is 9.89. The molecule has 0 bridgehead atoms. The van der Waals surface area contributed by atoms with Crippen LogP contribution in [0.3, 0.4) is 0 Å². The molecule has 2 aromatic rings. The molecule has 1 aliphatic rings. The van der Waals surface area contributed by atoms with Crippen molar-refractivity contribution in [2.75, 3.05) is 25.5 Å². The summed E-state index contributed by atoms with van der Waals surface area (Å²) in [5, 5.41) is 3.42. The zero-order chi connectivity index (χ0) is 24.3. The van der Waals surface area contributed by atoms with Crippen LogP contribution in [0.5, 0.6) is 0 Å². The van der Waals surface area contributed by atoms with Crippen molar-refractivity contribution in [2.24, 2.45) is 0 Å². The molecular formula is C26H36ClN3O3. The number of carbonyl (C=O) groups is 1. The molecular weight excluding hydrogens is 438 g/mol. The molecule has 1 N–H and O–H groups in total. The van der Waals surface area contributed by atoms with Crippen molar-refractivity contribution in [2.45, 2.75) is 72.0 Å². The fraction of sp³-hybridized carbons (Fsp3) is 0.538. The molecule has 1 aliphatic carbocycles. The van der Waals surface area contributed by atoms with Crippen molar-refractivity contribution in [3.8, 4) is 0 Å². The second-order valence-electron chi connectivity index (χ2n) is 9.25. The van der Waals surface area contributed by atoms with E-state index in [-0.39, 0.29) is 17.9 Å². The average Bonchev–Trinajstić information content (AvgIpc) is 2.75. The Kier molecular flexibility index (Phi) is 8.24. The number of amides is 1. The Balaban J connectivity index is 1.81. The van der Waals surface area contributed by atoms with Gasteiger partial charge in [-0.15, -0.1) is 0 Å². The van der Waals surface area contributed by atoms with Gasteiger partial charge in [0, 0.05) is 41.0 Å². The van der Waals surface area contributed by atoms with E-state index in [1.54, 1.807) is 19.9 Å². The van der Waals surface area contributed by atoms with E-state index >= 15 is 0 Å². The summed E-state index contributed by atoms with van der Waals surface area (Å²) >= 11 is 6.48. The van der Waals surface area contributed by atoms with Crippen molar-refractivity contribution in [1.29, 1.82) is 0 Å². The van der Waals surface area contributed by atoms with E-state index in [1.165, 1.54) is 18.9 Å². The summed E-state index contributed by atoms with van der Waals surface area (Å²) in [6.07, 6.45) is 4.57. The first-order valence-electron chi connectivity index (χ1n) is 11.7. The fourth-order valence-corrected chi connectivity index (χ4v) is 5.18. The summed E-state index contributed by atoms with van der Waals surface area (Å²) in [6, 6.07) is 6.18. The molecule has 1 aromatic heterocycles. The number of benzene rings is 1. The van der Waals surface area contributed by atoms with Gasteiger partial charge >= 0.3 is 0 Å². The van der Waals surface area contributed by atoms with Crippen LogP contribution in [0.1, 0.15) is 65.6 Å². The van der Waals surface area contributed by atoms with Crippen molar-refractivity contribution < 1.29 is 9.21 Å². The maximum Gasteiger partial charge on any atom is 0.251 e. The number of anilines is 1. The van der Waals surface area contributed by atoms with Gasteiger partial charge in [0.05, 0.1) is 12.1 Å². The molecule has 180 valence electrons. The lowest BCUT2D eigenvalue weighted by molar-refractivity contribution is 0.0950. The van der Waals surface area contributed by atoms with Gasteiger partial charge in [-0.3, -0.25) is 9.59 Å². The van der Waals surface area contributed by atoms with E-state index in [0.29, 0.717) is 39.8 Å². The minimum absolute atomic E-state index is 0.112. The molecule has 0 aliphatic heterocycles. The summed E-state index contributed by atoms with van der Waals surface area (Å²) in [7, 11) is 4.30. The van der Waals surface area contributed by atoms with E-state index in [4.69, 9.17) is 16.0 Å². The van der Waals surface area contributed by atoms with Crippen molar-refractivity contribution in [3.05, 3.63) is 61.7 Å². The van der Waals surface area contributed by atoms with E-state index in [1.807, 2.05) is 13.0 Å². The second kappa shape index (κ2) is 10.7. The summed E-state index contributed by atoms with van der Waals surface area (Å²) in [5.74, 6) is 0.833. The monoisotopic (exact) mass is 473 g/mol. The smallest absolute Gasteiger partial charge is 0.251 e. The predicted molar refractivity (Wildman–Crippen MR) is 135 cm³/mol. The highest BCUT2D eigenvalue weighted by molar-refractivity contribution is 6.31. The Morgan fingerprint density at radius 2 is 1.73 bits per heavy atom. The van der Waals surface area contributed by atoms with E-state index in [0.717, 1.165) is 30.6 Å². The van der Waals surface area contributed by atoms with Gasteiger partial charge in [0.1, 0.15) is 11.5 Å². The molecule has 33 heavy (non-hydrogen) atoms. The second-order valence-corrected chi connectivity index (χ2v) is 9.68. The quantitative estimate of drug-likeness (QED) is 0.622.